The first-order chi connectivity index (χ1) is 12.0. The summed E-state index contributed by atoms with van der Waals surface area (Å²) < 4.78 is 0.0350. The van der Waals surface area contributed by atoms with E-state index in [4.69, 9.17) is 11.6 Å². The Kier molecular flexibility index (Phi) is 5.67. The number of nitrogens with one attached hydrogen (secondary N) is 1. The molecule has 3 rings (SSSR count). The molecular formula is C17H18ClN3O3S. The average Bonchev–Trinajstić information content (AvgIpc) is 3.00. The lowest BCUT2D eigenvalue weighted by Crippen LogP contribution is -2.44. The van der Waals surface area contributed by atoms with Crippen molar-refractivity contribution in [2.45, 2.75) is 25.4 Å². The molecule has 0 saturated carbocycles. The molecule has 1 amide bonds. The van der Waals surface area contributed by atoms with Crippen molar-refractivity contribution in [3.8, 4) is 0 Å². The molecule has 1 saturated heterocycles. The van der Waals surface area contributed by atoms with Crippen LogP contribution in [0.3, 0.4) is 0 Å². The van der Waals surface area contributed by atoms with Crippen LogP contribution in [0.15, 0.2) is 36.4 Å². The number of thiophene rings is 1. The van der Waals surface area contributed by atoms with Gasteiger partial charge in [-0.25, -0.2) is 0 Å². The summed E-state index contributed by atoms with van der Waals surface area (Å²) >= 11 is 6.76. The standard InChI is InChI=1S/C17H18ClN3O3S/c18-16-14(21(23)24)10-15(25-16)17(22)19-13-6-8-20(9-7-13)11-12-4-2-1-3-5-12/h1-5,10,13H,6-9,11H2,(H,19,22). The third-order valence-electron chi connectivity index (χ3n) is 4.26. The Morgan fingerprint density at radius 3 is 2.60 bits per heavy atom. The Hall–Kier alpha value is -1.96. The molecule has 0 radical (unpaired) electrons. The zero-order valence-electron chi connectivity index (χ0n) is 13.5. The molecule has 2 aromatic rings. The molecule has 1 aliphatic rings. The number of carbonyl (C=O) groups is 1. The molecule has 8 heteroatoms. The minimum absolute atomic E-state index is 0.0350. The maximum absolute atomic E-state index is 12.3. The second-order valence-corrected chi connectivity index (χ2v) is 7.69. The molecule has 2 heterocycles. The lowest BCUT2D eigenvalue weighted by molar-refractivity contribution is -0.384. The maximum atomic E-state index is 12.3. The number of benzene rings is 1. The third kappa shape index (κ3) is 4.56. The van der Waals surface area contributed by atoms with Gasteiger partial charge in [-0.2, -0.15) is 0 Å². The fourth-order valence-corrected chi connectivity index (χ4v) is 4.06. The van der Waals surface area contributed by atoms with Gasteiger partial charge in [0.25, 0.3) is 11.6 Å². The van der Waals surface area contributed by atoms with E-state index in [2.05, 4.69) is 22.3 Å². The minimum Gasteiger partial charge on any atom is -0.349 e. The van der Waals surface area contributed by atoms with Crippen LogP contribution >= 0.6 is 22.9 Å². The van der Waals surface area contributed by atoms with Crippen molar-refractivity contribution in [1.82, 2.24) is 10.2 Å². The Morgan fingerprint density at radius 2 is 2.00 bits per heavy atom. The molecule has 1 N–H and O–H groups in total. The number of nitrogens with zero attached hydrogens (tertiary/aromatic N) is 2. The average molecular weight is 380 g/mol. The Morgan fingerprint density at radius 1 is 1.32 bits per heavy atom. The van der Waals surface area contributed by atoms with Gasteiger partial charge in [-0.05, 0) is 18.4 Å². The van der Waals surface area contributed by atoms with E-state index in [1.165, 1.54) is 11.6 Å². The number of amides is 1. The van der Waals surface area contributed by atoms with E-state index in [1.807, 2.05) is 18.2 Å². The highest BCUT2D eigenvalue weighted by molar-refractivity contribution is 7.18. The van der Waals surface area contributed by atoms with Crippen LogP contribution in [0.1, 0.15) is 28.1 Å². The molecule has 1 aliphatic heterocycles. The van der Waals surface area contributed by atoms with E-state index in [1.54, 1.807) is 0 Å². The van der Waals surface area contributed by atoms with Crippen molar-refractivity contribution in [1.29, 1.82) is 0 Å². The SMILES string of the molecule is O=C(NC1CCN(Cc2ccccc2)CC1)c1cc([N+](=O)[O-])c(Cl)s1. The number of piperidine rings is 1. The summed E-state index contributed by atoms with van der Waals surface area (Å²) in [5.41, 5.74) is 1.07. The van der Waals surface area contributed by atoms with Gasteiger partial charge in [-0.1, -0.05) is 41.9 Å². The van der Waals surface area contributed by atoms with Crippen molar-refractivity contribution in [2.75, 3.05) is 13.1 Å². The van der Waals surface area contributed by atoms with Crippen LogP contribution in [-0.2, 0) is 6.54 Å². The first-order valence-electron chi connectivity index (χ1n) is 8.04. The summed E-state index contributed by atoms with van der Waals surface area (Å²) in [7, 11) is 0. The molecule has 132 valence electrons. The maximum Gasteiger partial charge on any atom is 0.299 e. The molecule has 6 nitrogen and oxygen atoms in total. The van der Waals surface area contributed by atoms with E-state index < -0.39 is 4.92 Å². The van der Waals surface area contributed by atoms with E-state index in [0.29, 0.717) is 0 Å². The summed E-state index contributed by atoms with van der Waals surface area (Å²) in [4.78, 5) is 25.2. The molecule has 0 aliphatic carbocycles. The lowest BCUT2D eigenvalue weighted by Gasteiger charge is -2.32. The number of likely N-dealkylation sites (tertiary alicyclic amines) is 1. The summed E-state index contributed by atoms with van der Waals surface area (Å²) in [6.45, 7) is 2.73. The third-order valence-corrected chi connectivity index (χ3v) is 5.60. The first kappa shape index (κ1) is 17.8. The Labute approximate surface area is 154 Å². The van der Waals surface area contributed by atoms with Crippen LogP contribution in [0.2, 0.25) is 4.34 Å². The Bertz CT molecular complexity index is 758. The fraction of sp³-hybridized carbons (Fsp3) is 0.353. The highest BCUT2D eigenvalue weighted by Crippen LogP contribution is 2.33. The number of nitro groups is 1. The summed E-state index contributed by atoms with van der Waals surface area (Å²) in [6, 6.07) is 11.6. The van der Waals surface area contributed by atoms with Gasteiger partial charge in [0.2, 0.25) is 0 Å². The highest BCUT2D eigenvalue weighted by Gasteiger charge is 2.25. The zero-order valence-corrected chi connectivity index (χ0v) is 15.1. The largest absolute Gasteiger partial charge is 0.349 e. The van der Waals surface area contributed by atoms with Crippen molar-refractivity contribution in [2.24, 2.45) is 0 Å². The Balaban J connectivity index is 1.51. The van der Waals surface area contributed by atoms with E-state index >= 15 is 0 Å². The number of rotatable bonds is 5. The molecule has 1 fully saturated rings. The predicted octanol–water partition coefficient (Wildman–Crippen LogP) is 3.70. The topological polar surface area (TPSA) is 75.5 Å². The molecule has 0 unspecified atom stereocenters. The minimum atomic E-state index is -0.572. The van der Waals surface area contributed by atoms with Crippen LogP contribution in [0.25, 0.3) is 0 Å². The van der Waals surface area contributed by atoms with Crippen LogP contribution in [0.5, 0.6) is 0 Å². The molecular weight excluding hydrogens is 362 g/mol. The lowest BCUT2D eigenvalue weighted by atomic mass is 10.0. The van der Waals surface area contributed by atoms with Crippen molar-refractivity contribution in [3.05, 3.63) is 61.3 Å². The molecule has 1 aromatic heterocycles. The monoisotopic (exact) mass is 379 g/mol. The zero-order chi connectivity index (χ0) is 17.8. The number of halogens is 1. The smallest absolute Gasteiger partial charge is 0.299 e. The molecule has 0 atom stereocenters. The van der Waals surface area contributed by atoms with E-state index in [-0.39, 0.29) is 26.8 Å². The molecule has 25 heavy (non-hydrogen) atoms. The molecule has 0 spiro atoms. The molecule has 0 bridgehead atoms. The summed E-state index contributed by atoms with van der Waals surface area (Å²) in [6.07, 6.45) is 1.72. The van der Waals surface area contributed by atoms with Crippen LogP contribution in [0, 0.1) is 10.1 Å². The highest BCUT2D eigenvalue weighted by atomic mass is 35.5. The first-order valence-corrected chi connectivity index (χ1v) is 9.23. The van der Waals surface area contributed by atoms with Gasteiger partial charge < -0.3 is 5.32 Å². The van der Waals surface area contributed by atoms with Gasteiger partial charge in [-0.15, -0.1) is 11.3 Å². The van der Waals surface area contributed by atoms with Gasteiger partial charge in [-0.3, -0.25) is 19.8 Å². The van der Waals surface area contributed by atoms with Crippen LogP contribution < -0.4 is 5.32 Å². The van der Waals surface area contributed by atoms with Gasteiger partial charge in [0.05, 0.1) is 4.92 Å². The summed E-state index contributed by atoms with van der Waals surface area (Å²) in [5.74, 6) is -0.290. The normalized spacial score (nSPS) is 15.9. The van der Waals surface area contributed by atoms with Crippen molar-refractivity contribution in [3.63, 3.8) is 0 Å². The predicted molar refractivity (Wildman–Crippen MR) is 98.2 cm³/mol. The fourth-order valence-electron chi connectivity index (χ4n) is 2.93. The van der Waals surface area contributed by atoms with Crippen LogP contribution in [0.4, 0.5) is 5.69 Å². The van der Waals surface area contributed by atoms with E-state index in [0.717, 1.165) is 43.8 Å². The van der Waals surface area contributed by atoms with E-state index in [9.17, 15) is 14.9 Å². The number of hydrogen-bond donors (Lipinski definition) is 1. The van der Waals surface area contributed by atoms with Gasteiger partial charge >= 0.3 is 0 Å². The van der Waals surface area contributed by atoms with Crippen molar-refractivity contribution >= 4 is 34.5 Å². The number of hydrogen-bond acceptors (Lipinski definition) is 5. The van der Waals surface area contributed by atoms with Gasteiger partial charge in [0, 0.05) is 31.7 Å². The van der Waals surface area contributed by atoms with Crippen molar-refractivity contribution < 1.29 is 9.72 Å². The second-order valence-electron chi connectivity index (χ2n) is 6.04. The second kappa shape index (κ2) is 7.95. The molecule has 1 aromatic carbocycles. The number of carbonyl (C=O) groups excluding carboxylic acids is 1. The quantitative estimate of drug-likeness (QED) is 0.634. The summed E-state index contributed by atoms with van der Waals surface area (Å²) in [5, 5.41) is 13.8. The van der Waals surface area contributed by atoms with Gasteiger partial charge in [0.15, 0.2) is 4.34 Å². The van der Waals surface area contributed by atoms with Gasteiger partial charge in [0.1, 0.15) is 4.88 Å². The van der Waals surface area contributed by atoms with Crippen LogP contribution in [-0.4, -0.2) is 34.9 Å².